The molecule has 0 fully saturated rings. The molecular weight excluding hydrogens is 258 g/mol. The molecule has 0 saturated carbocycles. The second kappa shape index (κ2) is 6.60. The second-order valence-corrected chi connectivity index (χ2v) is 4.26. The van der Waals surface area contributed by atoms with Crippen LogP contribution in [0.25, 0.3) is 5.69 Å². The third-order valence-corrected chi connectivity index (χ3v) is 2.83. The van der Waals surface area contributed by atoms with E-state index in [1.165, 1.54) is 7.11 Å². The van der Waals surface area contributed by atoms with Crippen LogP contribution in [0.5, 0.6) is 0 Å². The monoisotopic (exact) mass is 273 g/mol. The van der Waals surface area contributed by atoms with Crippen LogP contribution >= 0.6 is 0 Å². The Morgan fingerprint density at radius 2 is 1.95 bits per heavy atom. The van der Waals surface area contributed by atoms with Crippen LogP contribution in [0.4, 0.5) is 0 Å². The molecule has 6 heteroatoms. The number of esters is 1. The minimum absolute atomic E-state index is 0.0464. The van der Waals surface area contributed by atoms with E-state index in [-0.39, 0.29) is 31.0 Å². The van der Waals surface area contributed by atoms with Gasteiger partial charge in [-0.1, -0.05) is 23.4 Å². The van der Waals surface area contributed by atoms with Crippen LogP contribution in [-0.4, -0.2) is 33.9 Å². The molecule has 0 N–H and O–H groups in total. The maximum atomic E-state index is 11.8. The molecular formula is C14H15N3O3. The van der Waals surface area contributed by atoms with E-state index in [1.54, 1.807) is 10.9 Å². The fraction of sp³-hybridized carbons (Fsp3) is 0.286. The number of rotatable bonds is 6. The largest absolute Gasteiger partial charge is 0.469 e. The first kappa shape index (κ1) is 13.9. The number of hydrogen-bond acceptors (Lipinski definition) is 5. The number of carbonyl (C=O) groups is 2. The van der Waals surface area contributed by atoms with Crippen molar-refractivity contribution in [3.63, 3.8) is 0 Å². The van der Waals surface area contributed by atoms with E-state index in [0.29, 0.717) is 5.69 Å². The van der Waals surface area contributed by atoms with Crippen LogP contribution < -0.4 is 0 Å². The third-order valence-electron chi connectivity index (χ3n) is 2.83. The smallest absolute Gasteiger partial charge is 0.305 e. The van der Waals surface area contributed by atoms with Gasteiger partial charge in [-0.25, -0.2) is 4.68 Å². The zero-order chi connectivity index (χ0) is 14.4. The van der Waals surface area contributed by atoms with Crippen LogP contribution in [-0.2, 0) is 20.7 Å². The average molecular weight is 273 g/mol. The number of carbonyl (C=O) groups excluding carboxylic acids is 2. The maximum Gasteiger partial charge on any atom is 0.305 e. The van der Waals surface area contributed by atoms with Crippen LogP contribution in [0, 0.1) is 0 Å². The summed E-state index contributed by atoms with van der Waals surface area (Å²) >= 11 is 0. The molecule has 1 aromatic heterocycles. The molecule has 0 aliphatic heterocycles. The van der Waals surface area contributed by atoms with E-state index in [0.717, 1.165) is 5.69 Å². The highest BCUT2D eigenvalue weighted by atomic mass is 16.5. The fourth-order valence-corrected chi connectivity index (χ4v) is 1.80. The fourth-order valence-electron chi connectivity index (χ4n) is 1.80. The first-order valence-electron chi connectivity index (χ1n) is 6.24. The van der Waals surface area contributed by atoms with E-state index in [2.05, 4.69) is 15.0 Å². The van der Waals surface area contributed by atoms with E-state index in [9.17, 15) is 9.59 Å². The minimum Gasteiger partial charge on any atom is -0.469 e. The van der Waals surface area contributed by atoms with Crippen LogP contribution in [0.15, 0.2) is 36.5 Å². The summed E-state index contributed by atoms with van der Waals surface area (Å²) in [5, 5.41) is 7.81. The van der Waals surface area contributed by atoms with Crippen molar-refractivity contribution in [1.82, 2.24) is 15.0 Å². The normalized spacial score (nSPS) is 10.2. The van der Waals surface area contributed by atoms with Crippen LogP contribution in [0.2, 0.25) is 0 Å². The van der Waals surface area contributed by atoms with Gasteiger partial charge in [-0.15, -0.1) is 5.10 Å². The van der Waals surface area contributed by atoms with Crippen molar-refractivity contribution >= 4 is 11.8 Å². The molecule has 0 unspecified atom stereocenters. The van der Waals surface area contributed by atoms with Gasteiger partial charge in [0.05, 0.1) is 37.5 Å². The van der Waals surface area contributed by atoms with Crippen molar-refractivity contribution in [3.8, 4) is 5.69 Å². The van der Waals surface area contributed by atoms with Crippen molar-refractivity contribution in [2.24, 2.45) is 0 Å². The highest BCUT2D eigenvalue weighted by Gasteiger charge is 2.12. The van der Waals surface area contributed by atoms with Gasteiger partial charge in [0.25, 0.3) is 0 Å². The number of para-hydroxylation sites is 1. The summed E-state index contributed by atoms with van der Waals surface area (Å²) in [6.45, 7) is 0. The highest BCUT2D eigenvalue weighted by molar-refractivity contribution is 5.84. The molecule has 2 rings (SSSR count). The van der Waals surface area contributed by atoms with Gasteiger partial charge in [-0.2, -0.15) is 0 Å². The number of aromatic nitrogens is 3. The number of ketones is 1. The number of nitrogens with zero attached hydrogens (tertiary/aromatic N) is 3. The number of ether oxygens (including phenoxy) is 1. The summed E-state index contributed by atoms with van der Waals surface area (Å²) in [5.41, 5.74) is 1.55. The summed E-state index contributed by atoms with van der Waals surface area (Å²) in [6, 6.07) is 9.45. The zero-order valence-electron chi connectivity index (χ0n) is 11.2. The van der Waals surface area contributed by atoms with Gasteiger partial charge in [-0.05, 0) is 12.1 Å². The van der Waals surface area contributed by atoms with E-state index >= 15 is 0 Å². The summed E-state index contributed by atoms with van der Waals surface area (Å²) in [7, 11) is 1.31. The van der Waals surface area contributed by atoms with Gasteiger partial charge in [-0.3, -0.25) is 9.59 Å². The molecule has 0 saturated heterocycles. The van der Waals surface area contributed by atoms with Gasteiger partial charge in [0.2, 0.25) is 0 Å². The Labute approximate surface area is 116 Å². The third kappa shape index (κ3) is 3.50. The van der Waals surface area contributed by atoms with E-state index in [4.69, 9.17) is 0 Å². The second-order valence-electron chi connectivity index (χ2n) is 4.26. The number of Topliss-reactive ketones (excluding diaryl/α,β-unsaturated/α-hetero) is 1. The molecule has 0 aliphatic rings. The molecule has 1 heterocycles. The quantitative estimate of drug-likeness (QED) is 0.742. The topological polar surface area (TPSA) is 74.1 Å². The van der Waals surface area contributed by atoms with Gasteiger partial charge in [0.15, 0.2) is 0 Å². The Balaban J connectivity index is 2.02. The molecule has 104 valence electrons. The molecule has 6 nitrogen and oxygen atoms in total. The molecule has 0 bridgehead atoms. The molecule has 20 heavy (non-hydrogen) atoms. The highest BCUT2D eigenvalue weighted by Crippen LogP contribution is 2.10. The van der Waals surface area contributed by atoms with Gasteiger partial charge >= 0.3 is 5.97 Å². The zero-order valence-corrected chi connectivity index (χ0v) is 11.2. The lowest BCUT2D eigenvalue weighted by Gasteiger charge is -2.05. The van der Waals surface area contributed by atoms with E-state index in [1.807, 2.05) is 30.3 Å². The molecule has 0 atom stereocenters. The summed E-state index contributed by atoms with van der Waals surface area (Å²) in [6.07, 6.45) is 2.01. The van der Waals surface area contributed by atoms with Crippen LogP contribution in [0.3, 0.4) is 0 Å². The Morgan fingerprint density at radius 3 is 2.65 bits per heavy atom. The van der Waals surface area contributed by atoms with Gasteiger partial charge in [0, 0.05) is 6.42 Å². The first-order valence-corrected chi connectivity index (χ1v) is 6.24. The number of benzene rings is 1. The molecule has 1 aromatic carbocycles. The predicted molar refractivity (Wildman–Crippen MR) is 71.3 cm³/mol. The number of hydrogen-bond donors (Lipinski definition) is 0. The first-order chi connectivity index (χ1) is 9.70. The Bertz CT molecular complexity index is 593. The molecule has 0 amide bonds. The van der Waals surface area contributed by atoms with E-state index < -0.39 is 0 Å². The number of methoxy groups -OCH3 is 1. The van der Waals surface area contributed by atoms with Crippen molar-refractivity contribution < 1.29 is 14.3 Å². The Morgan fingerprint density at radius 1 is 1.20 bits per heavy atom. The van der Waals surface area contributed by atoms with Crippen LogP contribution in [0.1, 0.15) is 18.5 Å². The van der Waals surface area contributed by atoms with Gasteiger partial charge < -0.3 is 4.74 Å². The maximum absolute atomic E-state index is 11.8. The lowest BCUT2D eigenvalue weighted by Crippen LogP contribution is -2.11. The standard InChI is InChI=1S/C14H15N3O3/c1-20-14(19)8-7-13(18)9-12-10-15-16-17(12)11-5-3-2-4-6-11/h2-6,10H,7-9H2,1H3. The minimum atomic E-state index is -0.381. The Hall–Kier alpha value is -2.50. The Kier molecular flexibility index (Phi) is 4.60. The summed E-state index contributed by atoms with van der Waals surface area (Å²) in [5.74, 6) is -0.428. The van der Waals surface area contributed by atoms with Crippen molar-refractivity contribution in [3.05, 3.63) is 42.2 Å². The molecule has 0 spiro atoms. The summed E-state index contributed by atoms with van der Waals surface area (Å²) in [4.78, 5) is 22.8. The molecule has 0 radical (unpaired) electrons. The van der Waals surface area contributed by atoms with Crippen molar-refractivity contribution in [2.45, 2.75) is 19.3 Å². The predicted octanol–water partition coefficient (Wildman–Crippen LogP) is 1.33. The lowest BCUT2D eigenvalue weighted by molar-refractivity contribution is -0.141. The SMILES string of the molecule is COC(=O)CCC(=O)Cc1cnnn1-c1ccccc1. The lowest BCUT2D eigenvalue weighted by atomic mass is 10.1. The average Bonchev–Trinajstić information content (AvgIpc) is 2.93. The molecule has 0 aliphatic carbocycles. The van der Waals surface area contributed by atoms with Crippen molar-refractivity contribution in [2.75, 3.05) is 7.11 Å². The summed E-state index contributed by atoms with van der Waals surface area (Å²) < 4.78 is 6.13. The molecule has 2 aromatic rings. The van der Waals surface area contributed by atoms with Gasteiger partial charge in [0.1, 0.15) is 5.78 Å². The van der Waals surface area contributed by atoms with Crippen molar-refractivity contribution in [1.29, 1.82) is 0 Å².